The minimum absolute atomic E-state index is 1.12. The second-order valence-corrected chi connectivity index (χ2v) is 6.99. The summed E-state index contributed by atoms with van der Waals surface area (Å²) in [6.07, 6.45) is 4.31. The van der Waals surface area contributed by atoms with E-state index in [9.17, 15) is 0 Å². The molecular formula is C25H18N3+. The number of nitrogens with zero attached hydrogens (tertiary/aromatic N) is 3. The highest BCUT2D eigenvalue weighted by Gasteiger charge is 2.23. The topological polar surface area (TPSA) is 14.0 Å². The van der Waals surface area contributed by atoms with Crippen LogP contribution in [0, 0.1) is 0 Å². The van der Waals surface area contributed by atoms with E-state index in [1.807, 2.05) is 0 Å². The number of para-hydroxylation sites is 3. The van der Waals surface area contributed by atoms with Gasteiger partial charge in [-0.15, -0.1) is 0 Å². The van der Waals surface area contributed by atoms with E-state index in [1.54, 1.807) is 0 Å². The molecule has 6 aromatic rings. The van der Waals surface area contributed by atoms with Crippen LogP contribution < -0.4 is 4.40 Å². The Balaban J connectivity index is 1.82. The van der Waals surface area contributed by atoms with Gasteiger partial charge in [-0.25, -0.2) is 4.40 Å². The normalized spacial score (nSPS) is 11.6. The molecule has 0 unspecified atom stereocenters. The molecule has 0 aliphatic rings. The molecule has 6 rings (SSSR count). The molecule has 0 amide bonds. The van der Waals surface area contributed by atoms with Crippen LogP contribution in [0.25, 0.3) is 39.0 Å². The fourth-order valence-corrected chi connectivity index (χ4v) is 4.21. The maximum absolute atomic E-state index is 2.37. The van der Waals surface area contributed by atoms with Crippen molar-refractivity contribution in [2.75, 3.05) is 0 Å². The maximum atomic E-state index is 2.37. The van der Waals surface area contributed by atoms with Gasteiger partial charge in [-0.3, -0.25) is 4.57 Å². The van der Waals surface area contributed by atoms with E-state index in [4.69, 9.17) is 0 Å². The zero-order chi connectivity index (χ0) is 18.5. The standard InChI is InChI=1S/C25H18N3/c1-2-10-19(11-3-1)27-24-16-8-9-17-26(24)18-25(27)28-22-14-6-4-12-20(22)21-13-5-7-15-23(21)28/h1-18H/q+1. The predicted octanol–water partition coefficient (Wildman–Crippen LogP) is 5.31. The Kier molecular flexibility index (Phi) is 3.17. The van der Waals surface area contributed by atoms with Gasteiger partial charge in [0.15, 0.2) is 6.20 Å². The Morgan fingerprint density at radius 1 is 0.536 bits per heavy atom. The number of aromatic nitrogens is 3. The molecule has 0 bridgehead atoms. The lowest BCUT2D eigenvalue weighted by Crippen LogP contribution is -2.17. The quantitative estimate of drug-likeness (QED) is 0.371. The molecule has 0 saturated heterocycles. The summed E-state index contributed by atoms with van der Waals surface area (Å²) in [5.41, 5.74) is 4.70. The first-order valence-electron chi connectivity index (χ1n) is 9.47. The van der Waals surface area contributed by atoms with E-state index < -0.39 is 0 Å². The fraction of sp³-hybridized carbons (Fsp3) is 0. The lowest BCUT2D eigenvalue weighted by Gasteiger charge is -2.06. The van der Waals surface area contributed by atoms with Crippen LogP contribution in [0.1, 0.15) is 0 Å². The van der Waals surface area contributed by atoms with Gasteiger partial charge in [0.2, 0.25) is 0 Å². The van der Waals surface area contributed by atoms with Crippen molar-refractivity contribution in [3.63, 3.8) is 0 Å². The van der Waals surface area contributed by atoms with Crippen molar-refractivity contribution in [3.8, 4) is 11.5 Å². The number of hydrogen-bond donors (Lipinski definition) is 0. The molecule has 0 fully saturated rings. The summed E-state index contributed by atoms with van der Waals surface area (Å²) in [4.78, 5) is 0. The first-order chi connectivity index (χ1) is 13.9. The molecule has 0 aliphatic carbocycles. The highest BCUT2D eigenvalue weighted by Crippen LogP contribution is 2.32. The van der Waals surface area contributed by atoms with Gasteiger partial charge in [0, 0.05) is 16.8 Å². The Morgan fingerprint density at radius 3 is 1.86 bits per heavy atom. The predicted molar refractivity (Wildman–Crippen MR) is 113 cm³/mol. The molecule has 0 radical (unpaired) electrons. The molecule has 3 nitrogen and oxygen atoms in total. The summed E-state index contributed by atoms with van der Waals surface area (Å²) < 4.78 is 6.87. The van der Waals surface area contributed by atoms with Crippen molar-refractivity contribution in [2.45, 2.75) is 0 Å². The van der Waals surface area contributed by atoms with Crippen molar-refractivity contribution >= 4 is 27.5 Å². The van der Waals surface area contributed by atoms with Crippen molar-refractivity contribution in [1.29, 1.82) is 0 Å². The highest BCUT2D eigenvalue weighted by molar-refractivity contribution is 6.09. The molecule has 0 aliphatic heterocycles. The average molecular weight is 360 g/mol. The number of fused-ring (bicyclic) bond motifs is 4. The molecule has 132 valence electrons. The third-order valence-corrected chi connectivity index (χ3v) is 5.40. The van der Waals surface area contributed by atoms with Crippen LogP contribution in [-0.4, -0.2) is 9.13 Å². The zero-order valence-corrected chi connectivity index (χ0v) is 15.2. The second-order valence-electron chi connectivity index (χ2n) is 6.99. The van der Waals surface area contributed by atoms with Crippen molar-refractivity contribution < 1.29 is 4.40 Å². The van der Waals surface area contributed by atoms with Gasteiger partial charge in [0.1, 0.15) is 5.69 Å². The molecule has 0 N–H and O–H groups in total. The Morgan fingerprint density at radius 2 is 1.14 bits per heavy atom. The third kappa shape index (κ3) is 2.07. The van der Waals surface area contributed by atoms with Crippen LogP contribution in [0.5, 0.6) is 0 Å². The van der Waals surface area contributed by atoms with Crippen LogP contribution in [0.4, 0.5) is 0 Å². The van der Waals surface area contributed by atoms with E-state index in [-0.39, 0.29) is 0 Å². The molecular weight excluding hydrogens is 342 g/mol. The lowest BCUT2D eigenvalue weighted by atomic mass is 10.2. The molecule has 0 spiro atoms. The summed E-state index contributed by atoms with van der Waals surface area (Å²) in [7, 11) is 0. The lowest BCUT2D eigenvalue weighted by molar-refractivity contribution is -0.510. The summed E-state index contributed by atoms with van der Waals surface area (Å²) in [5.74, 6) is 1.12. The Hall–Kier alpha value is -3.85. The molecule has 0 atom stereocenters. The second kappa shape index (κ2) is 5.83. The summed E-state index contributed by atoms with van der Waals surface area (Å²) in [6.45, 7) is 0. The minimum Gasteiger partial charge on any atom is -0.273 e. The summed E-state index contributed by atoms with van der Waals surface area (Å²) in [6, 6.07) is 34.1. The monoisotopic (exact) mass is 360 g/mol. The third-order valence-electron chi connectivity index (χ3n) is 5.40. The van der Waals surface area contributed by atoms with E-state index in [0.29, 0.717) is 0 Å². The SMILES string of the molecule is c1ccc(-n2c(-n3c4ccccc4c4ccccc43)c[n+]3ccccc23)cc1. The summed E-state index contributed by atoms with van der Waals surface area (Å²) >= 11 is 0. The molecule has 28 heavy (non-hydrogen) atoms. The first-order valence-corrected chi connectivity index (χ1v) is 9.47. The van der Waals surface area contributed by atoms with Gasteiger partial charge in [-0.05, 0) is 30.3 Å². The number of hydrogen-bond acceptors (Lipinski definition) is 0. The van der Waals surface area contributed by atoms with Gasteiger partial charge in [0.05, 0.1) is 17.2 Å². The summed E-state index contributed by atoms with van der Waals surface area (Å²) in [5, 5.41) is 2.54. The number of pyridine rings is 1. The number of imidazole rings is 1. The molecule has 3 heteroatoms. The molecule has 3 aromatic heterocycles. The van der Waals surface area contributed by atoms with Crippen molar-refractivity contribution in [2.24, 2.45) is 0 Å². The van der Waals surface area contributed by atoms with Gasteiger partial charge in [0.25, 0.3) is 11.5 Å². The van der Waals surface area contributed by atoms with Gasteiger partial charge < -0.3 is 0 Å². The molecule has 0 saturated carbocycles. The minimum atomic E-state index is 1.12. The number of benzene rings is 3. The van der Waals surface area contributed by atoms with Gasteiger partial charge >= 0.3 is 0 Å². The van der Waals surface area contributed by atoms with Gasteiger partial charge in [-0.1, -0.05) is 60.7 Å². The van der Waals surface area contributed by atoms with Gasteiger partial charge in [-0.2, -0.15) is 4.57 Å². The first kappa shape index (κ1) is 15.2. The Bertz CT molecular complexity index is 1400. The van der Waals surface area contributed by atoms with E-state index >= 15 is 0 Å². The maximum Gasteiger partial charge on any atom is 0.293 e. The number of rotatable bonds is 2. The van der Waals surface area contributed by atoms with E-state index in [2.05, 4.69) is 123 Å². The fourth-order valence-electron chi connectivity index (χ4n) is 4.21. The van der Waals surface area contributed by atoms with E-state index in [1.165, 1.54) is 21.8 Å². The van der Waals surface area contributed by atoms with Crippen molar-refractivity contribution in [1.82, 2.24) is 9.13 Å². The molecule has 3 aromatic carbocycles. The smallest absolute Gasteiger partial charge is 0.273 e. The molecule has 3 heterocycles. The van der Waals surface area contributed by atoms with Crippen LogP contribution in [-0.2, 0) is 0 Å². The van der Waals surface area contributed by atoms with E-state index in [0.717, 1.165) is 17.2 Å². The van der Waals surface area contributed by atoms with Crippen LogP contribution in [0.3, 0.4) is 0 Å². The van der Waals surface area contributed by atoms with Crippen molar-refractivity contribution in [3.05, 3.63) is 109 Å². The van der Waals surface area contributed by atoms with Crippen LogP contribution in [0.15, 0.2) is 109 Å². The van der Waals surface area contributed by atoms with Crippen LogP contribution in [0.2, 0.25) is 0 Å². The zero-order valence-electron chi connectivity index (χ0n) is 15.2. The Labute approximate surface area is 162 Å². The highest BCUT2D eigenvalue weighted by atomic mass is 15.2. The largest absolute Gasteiger partial charge is 0.293 e. The average Bonchev–Trinajstić information content (AvgIpc) is 3.30. The van der Waals surface area contributed by atoms with Crippen LogP contribution >= 0.6 is 0 Å².